The van der Waals surface area contributed by atoms with Crippen LogP contribution in [0.1, 0.15) is 93.8 Å². The summed E-state index contributed by atoms with van der Waals surface area (Å²) in [5, 5.41) is 9.57. The van der Waals surface area contributed by atoms with E-state index in [1.165, 1.54) is 9.80 Å². The van der Waals surface area contributed by atoms with E-state index in [4.69, 9.17) is 0 Å². The van der Waals surface area contributed by atoms with Crippen LogP contribution in [0.5, 0.6) is 0 Å². The molecule has 2 heterocycles. The summed E-state index contributed by atoms with van der Waals surface area (Å²) in [6.07, 6.45) is 5.55. The summed E-state index contributed by atoms with van der Waals surface area (Å²) in [7, 11) is 0. The van der Waals surface area contributed by atoms with E-state index in [-0.39, 0.29) is 23.6 Å². The van der Waals surface area contributed by atoms with Gasteiger partial charge in [0.05, 0.1) is 0 Å². The van der Waals surface area contributed by atoms with Gasteiger partial charge in [0.1, 0.15) is 0 Å². The van der Waals surface area contributed by atoms with Gasteiger partial charge >= 0.3 is 0 Å². The monoisotopic (exact) mass is 656 g/mol. The second-order valence-electron chi connectivity index (χ2n) is 13.8. The Morgan fingerprint density at radius 2 is 0.740 bits per heavy atom. The Balaban J connectivity index is 1.24. The molecule has 7 aromatic rings. The van der Waals surface area contributed by atoms with E-state index >= 15 is 0 Å². The number of hydrogen-bond acceptors (Lipinski definition) is 4. The molecular weight excluding hydrogens is 620 g/mol. The number of carbonyl (C=O) groups excluding carboxylic acids is 4. The Morgan fingerprint density at radius 1 is 0.360 bits per heavy atom. The van der Waals surface area contributed by atoms with Crippen molar-refractivity contribution in [3.63, 3.8) is 0 Å². The average molecular weight is 657 g/mol. The highest BCUT2D eigenvalue weighted by Gasteiger charge is 2.35. The molecule has 246 valence electrons. The minimum atomic E-state index is -0.226. The minimum absolute atomic E-state index is 0.217. The molecule has 4 amide bonds. The number of imide groups is 2. The molecular formula is C44H36N2O4. The van der Waals surface area contributed by atoms with Crippen LogP contribution in [0.4, 0.5) is 0 Å². The maximum atomic E-state index is 13.7. The summed E-state index contributed by atoms with van der Waals surface area (Å²) < 4.78 is 0. The van der Waals surface area contributed by atoms with Gasteiger partial charge in [0.15, 0.2) is 0 Å². The van der Waals surface area contributed by atoms with Crippen molar-refractivity contribution in [3.8, 4) is 11.1 Å². The highest BCUT2D eigenvalue weighted by Crippen LogP contribution is 2.47. The Labute approximate surface area is 289 Å². The Hall–Kier alpha value is -5.62. The van der Waals surface area contributed by atoms with Crippen molar-refractivity contribution in [1.82, 2.24) is 9.80 Å². The van der Waals surface area contributed by atoms with E-state index in [9.17, 15) is 19.2 Å². The first-order valence-electron chi connectivity index (χ1n) is 17.9. The highest BCUT2D eigenvalue weighted by atomic mass is 16.2. The van der Waals surface area contributed by atoms with Crippen LogP contribution in [-0.2, 0) is 0 Å². The number of amides is 4. The van der Waals surface area contributed by atoms with E-state index in [0.717, 1.165) is 104 Å². The molecule has 0 spiro atoms. The van der Waals surface area contributed by atoms with Gasteiger partial charge in [0.25, 0.3) is 23.6 Å². The fourth-order valence-corrected chi connectivity index (χ4v) is 8.60. The molecule has 2 aliphatic rings. The molecule has 0 saturated carbocycles. The Kier molecular flexibility index (Phi) is 6.99. The molecule has 0 atom stereocenters. The zero-order chi connectivity index (χ0) is 34.3. The van der Waals surface area contributed by atoms with Crippen LogP contribution < -0.4 is 0 Å². The summed E-state index contributed by atoms with van der Waals surface area (Å²) in [5.74, 6) is -0.886. The van der Waals surface area contributed by atoms with Crippen LogP contribution in [0.15, 0.2) is 84.9 Å². The van der Waals surface area contributed by atoms with E-state index in [1.54, 1.807) is 0 Å². The fraction of sp³-hybridized carbons (Fsp3) is 0.227. The molecule has 9 rings (SSSR count). The largest absolute Gasteiger partial charge is 0.274 e. The first-order valence-corrected chi connectivity index (χ1v) is 17.9. The van der Waals surface area contributed by atoms with Gasteiger partial charge in [-0.1, -0.05) is 100 Å². The summed E-state index contributed by atoms with van der Waals surface area (Å²) in [4.78, 5) is 57.6. The van der Waals surface area contributed by atoms with Crippen molar-refractivity contribution < 1.29 is 19.2 Å². The SMILES string of the molecule is CCCCCN1C(=O)c2cccc3c(-c4ccc5c6ccc7c8c(ccc(c9cccc4c95)c86)C(=O)N(CCCCC)C7=O)ccc(c23)C1=O. The van der Waals surface area contributed by atoms with Gasteiger partial charge in [0.2, 0.25) is 0 Å². The minimum Gasteiger partial charge on any atom is -0.274 e. The van der Waals surface area contributed by atoms with Crippen molar-refractivity contribution in [2.24, 2.45) is 0 Å². The fourth-order valence-electron chi connectivity index (χ4n) is 8.60. The van der Waals surface area contributed by atoms with Gasteiger partial charge in [0, 0.05) is 46.1 Å². The lowest BCUT2D eigenvalue weighted by molar-refractivity contribution is 0.0592. The highest BCUT2D eigenvalue weighted by molar-refractivity contribution is 6.39. The number of nitrogens with zero attached hydrogens (tertiary/aromatic N) is 2. The molecule has 0 N–H and O–H groups in total. The molecule has 0 bridgehead atoms. The summed E-state index contributed by atoms with van der Waals surface area (Å²) in [6.45, 7) is 5.07. The smallest absolute Gasteiger partial charge is 0.261 e. The first-order chi connectivity index (χ1) is 24.4. The van der Waals surface area contributed by atoms with Crippen LogP contribution in [-0.4, -0.2) is 46.5 Å². The lowest BCUT2D eigenvalue weighted by Gasteiger charge is -2.29. The van der Waals surface area contributed by atoms with Crippen molar-refractivity contribution >= 4 is 77.5 Å². The number of hydrogen-bond donors (Lipinski definition) is 0. The Morgan fingerprint density at radius 3 is 1.30 bits per heavy atom. The van der Waals surface area contributed by atoms with Crippen LogP contribution in [0.3, 0.4) is 0 Å². The summed E-state index contributed by atoms with van der Waals surface area (Å²) in [6, 6.07) is 28.1. The van der Waals surface area contributed by atoms with Gasteiger partial charge in [-0.3, -0.25) is 29.0 Å². The van der Waals surface area contributed by atoms with Crippen LogP contribution >= 0.6 is 0 Å². The average Bonchev–Trinajstić information content (AvgIpc) is 3.14. The quantitative estimate of drug-likeness (QED) is 0.0671. The maximum Gasteiger partial charge on any atom is 0.261 e. The van der Waals surface area contributed by atoms with Crippen molar-refractivity contribution in [2.75, 3.05) is 13.1 Å². The molecule has 7 aromatic carbocycles. The van der Waals surface area contributed by atoms with Gasteiger partial charge in [-0.25, -0.2) is 0 Å². The predicted octanol–water partition coefficient (Wildman–Crippen LogP) is 10.1. The zero-order valence-corrected chi connectivity index (χ0v) is 28.3. The molecule has 6 nitrogen and oxygen atoms in total. The standard InChI is InChI=1S/C44H36N2O4/c1-3-5-7-23-45-41(47)33-14-10-12-28-26(16-20-34(38(28)33)42(45)48)25-15-17-30-32-19-22-36-40-35(43(49)46(44(36)50)24-8-6-4-2)21-18-31(39(32)40)29-13-9-11-27(25)37(29)30/h9-22H,3-8,23-24H2,1-2H3. The molecule has 0 fully saturated rings. The van der Waals surface area contributed by atoms with Crippen LogP contribution in [0.25, 0.3) is 65.0 Å². The second-order valence-corrected chi connectivity index (χ2v) is 13.8. The van der Waals surface area contributed by atoms with Crippen molar-refractivity contribution in [3.05, 3.63) is 107 Å². The first kappa shape index (κ1) is 30.4. The molecule has 2 aliphatic heterocycles. The molecule has 0 unspecified atom stereocenters. The van der Waals surface area contributed by atoms with Crippen LogP contribution in [0, 0.1) is 0 Å². The third kappa shape index (κ3) is 4.14. The van der Waals surface area contributed by atoms with Crippen LogP contribution in [0.2, 0.25) is 0 Å². The van der Waals surface area contributed by atoms with Crippen molar-refractivity contribution in [1.29, 1.82) is 0 Å². The summed E-state index contributed by atoms with van der Waals surface area (Å²) >= 11 is 0. The zero-order valence-electron chi connectivity index (χ0n) is 28.3. The van der Waals surface area contributed by atoms with Gasteiger partial charge in [-0.2, -0.15) is 0 Å². The third-order valence-corrected chi connectivity index (χ3v) is 11.0. The van der Waals surface area contributed by atoms with E-state index < -0.39 is 0 Å². The van der Waals surface area contributed by atoms with E-state index in [2.05, 4.69) is 44.2 Å². The maximum absolute atomic E-state index is 13.7. The predicted molar refractivity (Wildman–Crippen MR) is 200 cm³/mol. The van der Waals surface area contributed by atoms with Gasteiger partial charge in [-0.05, 0) is 91.3 Å². The summed E-state index contributed by atoms with van der Waals surface area (Å²) in [5.41, 5.74) is 4.28. The molecule has 0 saturated heterocycles. The topological polar surface area (TPSA) is 74.8 Å². The lowest BCUT2D eigenvalue weighted by atomic mass is 9.82. The number of unbranched alkanes of at least 4 members (excludes halogenated alkanes) is 4. The number of rotatable bonds is 9. The molecule has 6 heteroatoms. The van der Waals surface area contributed by atoms with Crippen molar-refractivity contribution in [2.45, 2.75) is 52.4 Å². The molecule has 0 radical (unpaired) electrons. The molecule has 50 heavy (non-hydrogen) atoms. The lowest BCUT2D eigenvalue weighted by Crippen LogP contribution is -2.40. The van der Waals surface area contributed by atoms with Gasteiger partial charge in [-0.15, -0.1) is 0 Å². The number of fused-ring (bicyclic) bond motifs is 2. The second kappa shape index (κ2) is 11.5. The number of carbonyl (C=O) groups is 4. The molecule has 0 aliphatic carbocycles. The normalized spacial score (nSPS) is 14.5. The number of benzene rings is 7. The Bertz CT molecular complexity index is 2530. The van der Waals surface area contributed by atoms with E-state index in [1.807, 2.05) is 54.6 Å². The van der Waals surface area contributed by atoms with E-state index in [0.29, 0.717) is 35.3 Å². The van der Waals surface area contributed by atoms with Gasteiger partial charge < -0.3 is 0 Å². The third-order valence-electron chi connectivity index (χ3n) is 11.0. The molecule has 0 aromatic heterocycles.